The Balaban J connectivity index is 1.87. The largest absolute Gasteiger partial charge is 0.315 e. The first-order valence-corrected chi connectivity index (χ1v) is 5.74. The van der Waals surface area contributed by atoms with Crippen molar-refractivity contribution in [2.75, 3.05) is 13.1 Å². The third-order valence-corrected chi connectivity index (χ3v) is 3.57. The zero-order chi connectivity index (χ0) is 9.10. The molecule has 1 saturated heterocycles. The molecule has 0 aliphatic carbocycles. The monoisotopic (exact) mass is 196 g/mol. The summed E-state index contributed by atoms with van der Waals surface area (Å²) in [6, 6.07) is 5.48. The van der Waals surface area contributed by atoms with Crippen LogP contribution in [-0.4, -0.2) is 19.1 Å². The Morgan fingerprint density at radius 2 is 2.62 bits per heavy atom. The van der Waals surface area contributed by atoms with Gasteiger partial charge in [0.15, 0.2) is 0 Å². The first-order chi connectivity index (χ1) is 6.36. The molecule has 0 bridgehead atoms. The molecule has 2 nitrogen and oxygen atoms in total. The first-order valence-electron chi connectivity index (χ1n) is 4.86. The summed E-state index contributed by atoms with van der Waals surface area (Å²) in [6.07, 6.45) is 1.26. The van der Waals surface area contributed by atoms with Crippen LogP contribution < -0.4 is 10.6 Å². The molecule has 13 heavy (non-hydrogen) atoms. The van der Waals surface area contributed by atoms with Gasteiger partial charge in [-0.05, 0) is 31.3 Å². The van der Waals surface area contributed by atoms with Crippen molar-refractivity contribution in [2.45, 2.75) is 25.4 Å². The summed E-state index contributed by atoms with van der Waals surface area (Å²) >= 11 is 1.83. The van der Waals surface area contributed by atoms with Crippen LogP contribution in [0.5, 0.6) is 0 Å². The van der Waals surface area contributed by atoms with E-state index >= 15 is 0 Å². The number of hydrogen-bond donors (Lipinski definition) is 2. The van der Waals surface area contributed by atoms with Crippen molar-refractivity contribution in [3.63, 3.8) is 0 Å². The van der Waals surface area contributed by atoms with E-state index in [0.717, 1.165) is 13.1 Å². The van der Waals surface area contributed by atoms with Crippen LogP contribution in [0.2, 0.25) is 0 Å². The molecule has 0 spiro atoms. The van der Waals surface area contributed by atoms with Crippen LogP contribution >= 0.6 is 11.3 Å². The van der Waals surface area contributed by atoms with E-state index < -0.39 is 0 Å². The minimum absolute atomic E-state index is 0.505. The molecular formula is C10H16N2S. The van der Waals surface area contributed by atoms with Crippen molar-refractivity contribution < 1.29 is 0 Å². The van der Waals surface area contributed by atoms with Crippen LogP contribution in [0.3, 0.4) is 0 Å². The summed E-state index contributed by atoms with van der Waals surface area (Å²) in [4.78, 5) is 1.44. The van der Waals surface area contributed by atoms with Gasteiger partial charge in [0.05, 0.1) is 0 Å². The molecule has 1 aliphatic rings. The SMILES string of the molecule is C[C@@H](N[C@H]1CCNC1)c1cccs1. The van der Waals surface area contributed by atoms with E-state index in [-0.39, 0.29) is 0 Å². The molecule has 2 rings (SSSR count). The third kappa shape index (κ3) is 2.30. The van der Waals surface area contributed by atoms with Crippen LogP contribution in [0.1, 0.15) is 24.3 Å². The molecule has 0 aromatic carbocycles. The van der Waals surface area contributed by atoms with E-state index in [9.17, 15) is 0 Å². The zero-order valence-electron chi connectivity index (χ0n) is 7.92. The van der Waals surface area contributed by atoms with Crippen LogP contribution in [0, 0.1) is 0 Å². The second kappa shape index (κ2) is 4.22. The van der Waals surface area contributed by atoms with Crippen molar-refractivity contribution in [3.05, 3.63) is 22.4 Å². The highest BCUT2D eigenvalue weighted by Gasteiger charge is 2.17. The van der Waals surface area contributed by atoms with Crippen molar-refractivity contribution >= 4 is 11.3 Å². The molecular weight excluding hydrogens is 180 g/mol. The van der Waals surface area contributed by atoms with Crippen molar-refractivity contribution in [2.24, 2.45) is 0 Å². The maximum atomic E-state index is 3.63. The summed E-state index contributed by atoms with van der Waals surface area (Å²) in [5.74, 6) is 0. The number of thiophene rings is 1. The van der Waals surface area contributed by atoms with Gasteiger partial charge in [-0.1, -0.05) is 6.07 Å². The lowest BCUT2D eigenvalue weighted by Gasteiger charge is -2.17. The van der Waals surface area contributed by atoms with Gasteiger partial charge in [0.25, 0.3) is 0 Å². The van der Waals surface area contributed by atoms with Gasteiger partial charge in [-0.15, -0.1) is 11.3 Å². The Hall–Kier alpha value is -0.380. The molecule has 1 aromatic heterocycles. The number of hydrogen-bond acceptors (Lipinski definition) is 3. The number of nitrogens with one attached hydrogen (secondary N) is 2. The van der Waals surface area contributed by atoms with Gasteiger partial charge in [0, 0.05) is 23.5 Å². The van der Waals surface area contributed by atoms with Crippen LogP contribution in [0.15, 0.2) is 17.5 Å². The lowest BCUT2D eigenvalue weighted by Crippen LogP contribution is -2.32. The van der Waals surface area contributed by atoms with E-state index in [1.807, 2.05) is 11.3 Å². The summed E-state index contributed by atoms with van der Waals surface area (Å²) in [6.45, 7) is 4.52. The van der Waals surface area contributed by atoms with Gasteiger partial charge >= 0.3 is 0 Å². The average molecular weight is 196 g/mol. The smallest absolute Gasteiger partial charge is 0.0388 e. The second-order valence-corrected chi connectivity index (χ2v) is 4.57. The highest BCUT2D eigenvalue weighted by atomic mass is 32.1. The quantitative estimate of drug-likeness (QED) is 0.770. The first kappa shape index (κ1) is 9.19. The fraction of sp³-hybridized carbons (Fsp3) is 0.600. The molecule has 0 saturated carbocycles. The predicted molar refractivity (Wildman–Crippen MR) is 57.1 cm³/mol. The summed E-state index contributed by atoms with van der Waals surface area (Å²) < 4.78 is 0. The van der Waals surface area contributed by atoms with Crippen molar-refractivity contribution in [3.8, 4) is 0 Å². The third-order valence-electron chi connectivity index (χ3n) is 2.52. The Morgan fingerprint density at radius 3 is 3.23 bits per heavy atom. The summed E-state index contributed by atoms with van der Waals surface area (Å²) in [7, 11) is 0. The van der Waals surface area contributed by atoms with E-state index in [1.165, 1.54) is 11.3 Å². The second-order valence-electron chi connectivity index (χ2n) is 3.59. The van der Waals surface area contributed by atoms with E-state index in [1.54, 1.807) is 0 Å². The highest BCUT2D eigenvalue weighted by molar-refractivity contribution is 7.10. The molecule has 2 heterocycles. The highest BCUT2D eigenvalue weighted by Crippen LogP contribution is 2.19. The van der Waals surface area contributed by atoms with Crippen molar-refractivity contribution in [1.29, 1.82) is 0 Å². The van der Waals surface area contributed by atoms with Gasteiger partial charge in [-0.25, -0.2) is 0 Å². The molecule has 3 heteroatoms. The van der Waals surface area contributed by atoms with Gasteiger partial charge in [-0.3, -0.25) is 0 Å². The van der Waals surface area contributed by atoms with Gasteiger partial charge < -0.3 is 10.6 Å². The Morgan fingerprint density at radius 1 is 1.69 bits per heavy atom. The maximum absolute atomic E-state index is 3.63. The van der Waals surface area contributed by atoms with Gasteiger partial charge in [0.2, 0.25) is 0 Å². The summed E-state index contributed by atoms with van der Waals surface area (Å²) in [5, 5.41) is 9.13. The van der Waals surface area contributed by atoms with Crippen LogP contribution in [0.25, 0.3) is 0 Å². The Kier molecular flexibility index (Phi) is 2.98. The topological polar surface area (TPSA) is 24.1 Å². The predicted octanol–water partition coefficient (Wildman–Crippen LogP) is 1.76. The molecule has 0 unspecified atom stereocenters. The van der Waals surface area contributed by atoms with Gasteiger partial charge in [0.1, 0.15) is 0 Å². The Labute approximate surface area is 83.4 Å². The van der Waals surface area contributed by atoms with Crippen LogP contribution in [-0.2, 0) is 0 Å². The molecule has 0 amide bonds. The Bertz CT molecular complexity index is 239. The molecule has 1 aliphatic heterocycles. The molecule has 0 radical (unpaired) electrons. The minimum atomic E-state index is 0.505. The minimum Gasteiger partial charge on any atom is -0.315 e. The number of rotatable bonds is 3. The maximum Gasteiger partial charge on any atom is 0.0388 e. The molecule has 1 aromatic rings. The lowest BCUT2D eigenvalue weighted by molar-refractivity contribution is 0.483. The normalized spacial score (nSPS) is 24.8. The van der Waals surface area contributed by atoms with Gasteiger partial charge in [-0.2, -0.15) is 0 Å². The molecule has 1 fully saturated rings. The lowest BCUT2D eigenvalue weighted by atomic mass is 10.2. The zero-order valence-corrected chi connectivity index (χ0v) is 8.73. The summed E-state index contributed by atoms with van der Waals surface area (Å²) in [5.41, 5.74) is 0. The fourth-order valence-corrected chi connectivity index (χ4v) is 2.51. The van der Waals surface area contributed by atoms with E-state index in [2.05, 4.69) is 35.1 Å². The molecule has 72 valence electrons. The standard InChI is InChI=1S/C10H16N2S/c1-8(10-3-2-6-13-10)12-9-4-5-11-7-9/h2-3,6,8-9,11-12H,4-5,7H2,1H3/t8-,9+/m1/s1. The van der Waals surface area contributed by atoms with Crippen LogP contribution in [0.4, 0.5) is 0 Å². The van der Waals surface area contributed by atoms with Crippen molar-refractivity contribution in [1.82, 2.24) is 10.6 Å². The average Bonchev–Trinajstić information content (AvgIpc) is 2.74. The molecule has 2 atom stereocenters. The molecule has 2 N–H and O–H groups in total. The van der Waals surface area contributed by atoms with E-state index in [4.69, 9.17) is 0 Å². The van der Waals surface area contributed by atoms with E-state index in [0.29, 0.717) is 12.1 Å². The fourth-order valence-electron chi connectivity index (χ4n) is 1.77.